The second-order valence-electron chi connectivity index (χ2n) is 4.84. The fourth-order valence-electron chi connectivity index (χ4n) is 1.86. The summed E-state index contributed by atoms with van der Waals surface area (Å²) in [4.78, 5) is 39.2. The quantitative estimate of drug-likeness (QED) is 0.805. The highest BCUT2D eigenvalue weighted by Crippen LogP contribution is 2.16. The third-order valence-corrected chi connectivity index (χ3v) is 3.70. The lowest BCUT2D eigenvalue weighted by molar-refractivity contribution is -0.142. The van der Waals surface area contributed by atoms with E-state index in [0.717, 1.165) is 5.56 Å². The molecule has 2 aromatic rings. The first-order valence-corrected chi connectivity index (χ1v) is 7.93. The summed E-state index contributed by atoms with van der Waals surface area (Å²) < 4.78 is 6.15. The zero-order valence-corrected chi connectivity index (χ0v) is 13.7. The lowest BCUT2D eigenvalue weighted by Crippen LogP contribution is -2.26. The van der Waals surface area contributed by atoms with Gasteiger partial charge in [-0.15, -0.1) is 11.3 Å². The molecule has 0 aliphatic heterocycles. The minimum Gasteiger partial charge on any atom is -0.466 e. The van der Waals surface area contributed by atoms with E-state index in [1.165, 1.54) is 22.0 Å². The highest BCUT2D eigenvalue weighted by molar-refractivity contribution is 7.13. The van der Waals surface area contributed by atoms with Crippen LogP contribution in [0.2, 0.25) is 0 Å². The molecule has 0 radical (unpaired) electrons. The molecule has 0 aromatic carbocycles. The van der Waals surface area contributed by atoms with Crippen LogP contribution >= 0.6 is 11.3 Å². The summed E-state index contributed by atoms with van der Waals surface area (Å²) in [5.74, 6) is -0.713. The highest BCUT2D eigenvalue weighted by atomic mass is 32.1. The molecular formula is C15H17N3O4S. The van der Waals surface area contributed by atoms with Gasteiger partial charge in [-0.2, -0.15) is 0 Å². The van der Waals surface area contributed by atoms with Crippen LogP contribution in [0.4, 0.5) is 5.13 Å². The van der Waals surface area contributed by atoms with E-state index in [4.69, 9.17) is 4.74 Å². The van der Waals surface area contributed by atoms with Crippen LogP contribution in [0, 0.1) is 6.92 Å². The standard InChI is InChI=1S/C15H17N3O4S/c1-3-22-14(21)7-11-9-23-15(16-11)17-12(19)8-18-5-4-10(2)6-13(18)20/h4-6,9H,3,7-8H2,1-2H3,(H,16,17,19). The summed E-state index contributed by atoms with van der Waals surface area (Å²) in [7, 11) is 0. The van der Waals surface area contributed by atoms with Crippen LogP contribution in [0.3, 0.4) is 0 Å². The zero-order valence-electron chi connectivity index (χ0n) is 12.9. The molecule has 0 saturated heterocycles. The number of carbonyl (C=O) groups is 2. The molecule has 122 valence electrons. The maximum absolute atomic E-state index is 12.0. The van der Waals surface area contributed by atoms with Crippen molar-refractivity contribution in [1.82, 2.24) is 9.55 Å². The van der Waals surface area contributed by atoms with Crippen molar-refractivity contribution in [2.75, 3.05) is 11.9 Å². The lowest BCUT2D eigenvalue weighted by Gasteiger charge is -2.05. The third-order valence-electron chi connectivity index (χ3n) is 2.89. The predicted molar refractivity (Wildman–Crippen MR) is 86.5 cm³/mol. The molecule has 23 heavy (non-hydrogen) atoms. The number of nitrogens with zero attached hydrogens (tertiary/aromatic N) is 2. The van der Waals surface area contributed by atoms with Gasteiger partial charge in [0.25, 0.3) is 5.56 Å². The Balaban J connectivity index is 1.94. The molecule has 1 amide bonds. The first-order valence-electron chi connectivity index (χ1n) is 7.05. The van der Waals surface area contributed by atoms with E-state index in [1.807, 2.05) is 6.92 Å². The molecule has 7 nitrogen and oxygen atoms in total. The van der Waals surface area contributed by atoms with E-state index < -0.39 is 0 Å². The van der Waals surface area contributed by atoms with Gasteiger partial charge in [-0.25, -0.2) is 4.98 Å². The van der Waals surface area contributed by atoms with E-state index >= 15 is 0 Å². The fraction of sp³-hybridized carbons (Fsp3) is 0.333. The number of nitrogens with one attached hydrogen (secondary N) is 1. The van der Waals surface area contributed by atoms with Gasteiger partial charge in [0.1, 0.15) is 6.54 Å². The SMILES string of the molecule is CCOC(=O)Cc1csc(NC(=O)Cn2ccc(C)cc2=O)n1. The van der Waals surface area contributed by atoms with Crippen molar-refractivity contribution in [3.05, 3.63) is 45.3 Å². The van der Waals surface area contributed by atoms with Crippen LogP contribution in [0.1, 0.15) is 18.2 Å². The number of rotatable bonds is 6. The summed E-state index contributed by atoms with van der Waals surface area (Å²) in [5, 5.41) is 4.68. The molecule has 0 saturated carbocycles. The third kappa shape index (κ3) is 5.03. The van der Waals surface area contributed by atoms with Crippen LogP contribution in [0.15, 0.2) is 28.5 Å². The van der Waals surface area contributed by atoms with Crippen LogP contribution in [-0.4, -0.2) is 28.0 Å². The smallest absolute Gasteiger partial charge is 0.311 e. The van der Waals surface area contributed by atoms with Gasteiger partial charge in [0.05, 0.1) is 18.7 Å². The fourth-order valence-corrected chi connectivity index (χ4v) is 2.58. The topological polar surface area (TPSA) is 90.3 Å². The number of hydrogen-bond acceptors (Lipinski definition) is 6. The Labute approximate surface area is 136 Å². The maximum atomic E-state index is 12.0. The number of ether oxygens (including phenoxy) is 1. The number of esters is 1. The summed E-state index contributed by atoms with van der Waals surface area (Å²) >= 11 is 1.22. The van der Waals surface area contributed by atoms with Crippen molar-refractivity contribution in [2.45, 2.75) is 26.8 Å². The largest absolute Gasteiger partial charge is 0.466 e. The second-order valence-corrected chi connectivity index (χ2v) is 5.70. The maximum Gasteiger partial charge on any atom is 0.311 e. The molecule has 8 heteroatoms. The highest BCUT2D eigenvalue weighted by Gasteiger charge is 2.11. The van der Waals surface area contributed by atoms with Crippen molar-refractivity contribution in [3.8, 4) is 0 Å². The Hall–Kier alpha value is -2.48. The number of carbonyl (C=O) groups excluding carboxylic acids is 2. The molecule has 0 bridgehead atoms. The summed E-state index contributed by atoms with van der Waals surface area (Å²) in [5.41, 5.74) is 1.15. The van der Waals surface area contributed by atoms with Gasteiger partial charge < -0.3 is 14.6 Å². The number of pyridine rings is 1. The van der Waals surface area contributed by atoms with Gasteiger partial charge in [-0.1, -0.05) is 0 Å². The number of aromatic nitrogens is 2. The van der Waals surface area contributed by atoms with Gasteiger partial charge in [0.15, 0.2) is 5.13 Å². The molecule has 0 spiro atoms. The Morgan fingerprint density at radius 3 is 2.91 bits per heavy atom. The molecular weight excluding hydrogens is 318 g/mol. The minimum atomic E-state index is -0.359. The van der Waals surface area contributed by atoms with Crippen LogP contribution in [0.25, 0.3) is 0 Å². The van der Waals surface area contributed by atoms with Crippen molar-refractivity contribution >= 4 is 28.3 Å². The van der Waals surface area contributed by atoms with Crippen LogP contribution in [0.5, 0.6) is 0 Å². The molecule has 0 fully saturated rings. The molecule has 2 aromatic heterocycles. The number of aryl methyl sites for hydroxylation is 1. The summed E-state index contributed by atoms with van der Waals surface area (Å²) in [6.45, 7) is 3.77. The summed E-state index contributed by atoms with van der Waals surface area (Å²) in [6.07, 6.45) is 1.64. The van der Waals surface area contributed by atoms with Gasteiger partial charge in [0, 0.05) is 17.6 Å². The van der Waals surface area contributed by atoms with E-state index in [2.05, 4.69) is 10.3 Å². The lowest BCUT2D eigenvalue weighted by atomic mass is 10.3. The monoisotopic (exact) mass is 335 g/mol. The average Bonchev–Trinajstić information content (AvgIpc) is 2.89. The van der Waals surface area contributed by atoms with E-state index in [0.29, 0.717) is 17.4 Å². The van der Waals surface area contributed by atoms with Gasteiger partial charge in [0.2, 0.25) is 5.91 Å². The molecule has 0 unspecified atom stereocenters. The van der Waals surface area contributed by atoms with Gasteiger partial charge in [-0.3, -0.25) is 14.4 Å². The first-order chi connectivity index (χ1) is 11.0. The molecule has 1 N–H and O–H groups in total. The van der Waals surface area contributed by atoms with Gasteiger partial charge in [-0.05, 0) is 25.5 Å². The van der Waals surface area contributed by atoms with E-state index in [-0.39, 0.29) is 30.4 Å². The van der Waals surface area contributed by atoms with Crippen molar-refractivity contribution in [2.24, 2.45) is 0 Å². The average molecular weight is 335 g/mol. The number of anilines is 1. The van der Waals surface area contributed by atoms with Crippen molar-refractivity contribution in [1.29, 1.82) is 0 Å². The van der Waals surface area contributed by atoms with E-state index in [1.54, 1.807) is 24.6 Å². The Morgan fingerprint density at radius 1 is 1.43 bits per heavy atom. The molecule has 0 aliphatic carbocycles. The number of thiazole rings is 1. The minimum absolute atomic E-state index is 0.0671. The molecule has 0 atom stereocenters. The Bertz CT molecular complexity index is 766. The first kappa shape index (κ1) is 16.9. The van der Waals surface area contributed by atoms with Crippen LogP contribution in [-0.2, 0) is 27.3 Å². The number of amides is 1. The Morgan fingerprint density at radius 2 is 2.22 bits per heavy atom. The molecule has 0 aliphatic rings. The van der Waals surface area contributed by atoms with Crippen LogP contribution < -0.4 is 10.9 Å². The van der Waals surface area contributed by atoms with Crippen molar-refractivity contribution < 1.29 is 14.3 Å². The van der Waals surface area contributed by atoms with E-state index in [9.17, 15) is 14.4 Å². The molecule has 2 rings (SSSR count). The molecule has 2 heterocycles. The Kier molecular flexibility index (Phi) is 5.64. The zero-order chi connectivity index (χ0) is 16.8. The predicted octanol–water partition coefficient (Wildman–Crippen LogP) is 1.36. The normalized spacial score (nSPS) is 10.3. The summed E-state index contributed by atoms with van der Waals surface area (Å²) in [6, 6.07) is 3.23. The van der Waals surface area contributed by atoms with Gasteiger partial charge >= 0.3 is 5.97 Å². The number of hydrogen-bond donors (Lipinski definition) is 1. The second kappa shape index (κ2) is 7.68. The van der Waals surface area contributed by atoms with Crippen molar-refractivity contribution in [3.63, 3.8) is 0 Å².